The summed E-state index contributed by atoms with van der Waals surface area (Å²) >= 11 is 13.2. The molecule has 1 aromatic heterocycles. The second-order valence-electron chi connectivity index (χ2n) is 9.19. The molecule has 4 rings (SSSR count). The van der Waals surface area contributed by atoms with E-state index in [1.165, 1.54) is 20.3 Å². The Morgan fingerprint density at radius 2 is 1.89 bits per heavy atom. The van der Waals surface area contributed by atoms with Gasteiger partial charge in [-0.2, -0.15) is 0 Å². The topological polar surface area (TPSA) is 96.8 Å². The van der Waals surface area contributed by atoms with E-state index >= 15 is 0 Å². The summed E-state index contributed by atoms with van der Waals surface area (Å²) < 4.78 is 10.8. The molecule has 0 radical (unpaired) electrons. The number of nitrogens with one attached hydrogen (secondary N) is 1. The Kier molecular flexibility index (Phi) is 7.31. The van der Waals surface area contributed by atoms with E-state index in [0.717, 1.165) is 16.5 Å². The lowest BCUT2D eigenvalue weighted by Crippen LogP contribution is -2.47. The number of likely N-dealkylation sites (tertiary alicyclic amines) is 1. The van der Waals surface area contributed by atoms with Crippen molar-refractivity contribution in [1.29, 1.82) is 0 Å². The van der Waals surface area contributed by atoms with Gasteiger partial charge in [-0.05, 0) is 44.0 Å². The molecule has 0 spiro atoms. The highest BCUT2D eigenvalue weighted by atomic mass is 35.5. The molecule has 2 N–H and O–H groups in total. The maximum absolute atomic E-state index is 12.3. The van der Waals surface area contributed by atoms with Gasteiger partial charge in [0.25, 0.3) is 0 Å². The van der Waals surface area contributed by atoms with Crippen molar-refractivity contribution in [2.24, 2.45) is 0 Å². The van der Waals surface area contributed by atoms with Crippen molar-refractivity contribution in [3.63, 3.8) is 0 Å². The number of methoxy groups -OCH3 is 2. The van der Waals surface area contributed by atoms with E-state index in [0.29, 0.717) is 46.0 Å². The molecule has 2 heterocycles. The SMILES string of the molecule is C=CC(=O)N1CC(Nc2ncc3cc(-c4c(Cl)c(OC)cc(OC)c4Cl)ccc3n2)CC1C(C)(C)O. The van der Waals surface area contributed by atoms with Crippen LogP contribution < -0.4 is 14.8 Å². The van der Waals surface area contributed by atoms with Crippen LogP contribution in [-0.2, 0) is 4.79 Å². The van der Waals surface area contributed by atoms with E-state index < -0.39 is 5.60 Å². The van der Waals surface area contributed by atoms with Crippen molar-refractivity contribution in [3.05, 3.63) is 53.2 Å². The van der Waals surface area contributed by atoms with Crippen molar-refractivity contribution >= 4 is 46.0 Å². The van der Waals surface area contributed by atoms with Gasteiger partial charge in [-0.1, -0.05) is 35.8 Å². The van der Waals surface area contributed by atoms with E-state index in [-0.39, 0.29) is 18.0 Å². The van der Waals surface area contributed by atoms with Crippen molar-refractivity contribution in [1.82, 2.24) is 14.9 Å². The number of halogens is 2. The Labute approximate surface area is 219 Å². The molecular weight excluding hydrogens is 503 g/mol. The van der Waals surface area contributed by atoms with Crippen LogP contribution in [-0.4, -0.2) is 64.3 Å². The van der Waals surface area contributed by atoms with Crippen molar-refractivity contribution in [2.45, 2.75) is 38.0 Å². The molecule has 10 heteroatoms. The quantitative estimate of drug-likeness (QED) is 0.416. The van der Waals surface area contributed by atoms with Crippen LogP contribution in [0.15, 0.2) is 43.1 Å². The molecule has 0 bridgehead atoms. The summed E-state index contributed by atoms with van der Waals surface area (Å²) in [6.07, 6.45) is 3.53. The van der Waals surface area contributed by atoms with E-state index in [1.54, 1.807) is 31.0 Å². The van der Waals surface area contributed by atoms with Gasteiger partial charge in [0.05, 0.1) is 41.4 Å². The van der Waals surface area contributed by atoms with Crippen LogP contribution >= 0.6 is 23.2 Å². The number of anilines is 1. The Balaban J connectivity index is 1.62. The minimum absolute atomic E-state index is 0.121. The summed E-state index contributed by atoms with van der Waals surface area (Å²) in [5, 5.41) is 15.4. The Morgan fingerprint density at radius 1 is 1.22 bits per heavy atom. The molecule has 2 unspecified atom stereocenters. The number of nitrogens with zero attached hydrogens (tertiary/aromatic N) is 3. The van der Waals surface area contributed by atoms with Crippen LogP contribution in [0.1, 0.15) is 20.3 Å². The van der Waals surface area contributed by atoms with Gasteiger partial charge in [-0.3, -0.25) is 4.79 Å². The van der Waals surface area contributed by atoms with Crippen LogP contribution in [0.2, 0.25) is 10.0 Å². The summed E-state index contributed by atoms with van der Waals surface area (Å²) in [7, 11) is 3.06. The number of aromatic nitrogens is 2. The first-order valence-corrected chi connectivity index (χ1v) is 12.1. The Morgan fingerprint density at radius 3 is 2.47 bits per heavy atom. The predicted octanol–water partition coefficient (Wildman–Crippen LogP) is 4.96. The van der Waals surface area contributed by atoms with Gasteiger partial charge in [0.2, 0.25) is 11.9 Å². The maximum atomic E-state index is 12.3. The summed E-state index contributed by atoms with van der Waals surface area (Å²) in [5.74, 6) is 1.12. The number of carbonyl (C=O) groups excluding carboxylic acids is 1. The Bertz CT molecular complexity index is 1300. The average Bonchev–Trinajstić information content (AvgIpc) is 3.28. The minimum Gasteiger partial charge on any atom is -0.495 e. The monoisotopic (exact) mass is 530 g/mol. The molecule has 3 aromatic rings. The van der Waals surface area contributed by atoms with E-state index in [9.17, 15) is 9.90 Å². The third-order valence-corrected chi connectivity index (χ3v) is 7.10. The van der Waals surface area contributed by atoms with Crippen molar-refractivity contribution in [3.8, 4) is 22.6 Å². The molecule has 1 fully saturated rings. The van der Waals surface area contributed by atoms with Crippen LogP contribution in [0.25, 0.3) is 22.0 Å². The first-order valence-electron chi connectivity index (χ1n) is 11.4. The molecule has 190 valence electrons. The highest BCUT2D eigenvalue weighted by molar-refractivity contribution is 6.41. The molecule has 36 heavy (non-hydrogen) atoms. The van der Waals surface area contributed by atoms with Gasteiger partial charge in [0, 0.05) is 35.8 Å². The van der Waals surface area contributed by atoms with Crippen LogP contribution in [0.4, 0.5) is 5.95 Å². The fourth-order valence-electron chi connectivity index (χ4n) is 4.55. The zero-order chi connectivity index (χ0) is 26.2. The fraction of sp³-hybridized carbons (Fsp3) is 0.346. The number of carbonyl (C=O) groups is 1. The van der Waals surface area contributed by atoms with E-state index in [4.69, 9.17) is 32.7 Å². The second-order valence-corrected chi connectivity index (χ2v) is 9.95. The van der Waals surface area contributed by atoms with Crippen LogP contribution in [0.3, 0.4) is 0 Å². The standard InChI is InChI=1S/C26H28Cl2N4O4/c1-6-21(33)32-13-16(10-20(32)26(2,3)34)30-25-29-12-15-9-14(7-8-17(15)31-25)22-23(27)18(35-4)11-19(36-5)24(22)28/h6-9,11-12,16,20,34H,1,10,13H2,2-5H3,(H,29,30,31). The highest BCUT2D eigenvalue weighted by Crippen LogP contribution is 2.46. The summed E-state index contributed by atoms with van der Waals surface area (Å²) in [6.45, 7) is 7.38. The summed E-state index contributed by atoms with van der Waals surface area (Å²) in [6, 6.07) is 6.80. The molecule has 1 aliphatic rings. The number of benzene rings is 2. The van der Waals surface area contributed by atoms with Crippen LogP contribution in [0, 0.1) is 0 Å². The van der Waals surface area contributed by atoms with Crippen molar-refractivity contribution in [2.75, 3.05) is 26.1 Å². The fourth-order valence-corrected chi connectivity index (χ4v) is 5.27. The smallest absolute Gasteiger partial charge is 0.246 e. The first kappa shape index (κ1) is 26.0. The molecule has 1 saturated heterocycles. The van der Waals surface area contributed by atoms with E-state index in [1.807, 2.05) is 18.2 Å². The lowest BCUT2D eigenvalue weighted by atomic mass is 9.95. The number of ether oxygens (including phenoxy) is 2. The van der Waals surface area contributed by atoms with Gasteiger partial charge in [0.1, 0.15) is 11.5 Å². The normalized spacial score (nSPS) is 17.8. The van der Waals surface area contributed by atoms with Crippen LogP contribution in [0.5, 0.6) is 11.5 Å². The van der Waals surface area contributed by atoms with E-state index in [2.05, 4.69) is 21.9 Å². The number of hydrogen-bond acceptors (Lipinski definition) is 7. The highest BCUT2D eigenvalue weighted by Gasteiger charge is 2.42. The van der Waals surface area contributed by atoms with Gasteiger partial charge >= 0.3 is 0 Å². The van der Waals surface area contributed by atoms with Gasteiger partial charge in [-0.15, -0.1) is 0 Å². The molecule has 0 aliphatic carbocycles. The average molecular weight is 531 g/mol. The number of fused-ring (bicyclic) bond motifs is 1. The third-order valence-electron chi connectivity index (χ3n) is 6.35. The van der Waals surface area contributed by atoms with Gasteiger partial charge in [0.15, 0.2) is 0 Å². The molecule has 2 aromatic carbocycles. The molecule has 1 aliphatic heterocycles. The van der Waals surface area contributed by atoms with Gasteiger partial charge < -0.3 is 24.8 Å². The number of rotatable bonds is 7. The first-order chi connectivity index (χ1) is 17.1. The molecular formula is C26H28Cl2N4O4. The zero-order valence-electron chi connectivity index (χ0n) is 20.5. The van der Waals surface area contributed by atoms with Gasteiger partial charge in [-0.25, -0.2) is 9.97 Å². The number of amides is 1. The largest absolute Gasteiger partial charge is 0.495 e. The lowest BCUT2D eigenvalue weighted by Gasteiger charge is -2.32. The molecule has 0 saturated carbocycles. The lowest BCUT2D eigenvalue weighted by molar-refractivity contribution is -0.131. The molecule has 2 atom stereocenters. The molecule has 8 nitrogen and oxygen atoms in total. The summed E-state index contributed by atoms with van der Waals surface area (Å²) in [5.41, 5.74) is 1.02. The predicted molar refractivity (Wildman–Crippen MR) is 142 cm³/mol. The zero-order valence-corrected chi connectivity index (χ0v) is 22.0. The second kappa shape index (κ2) is 10.1. The third kappa shape index (κ3) is 4.93. The minimum atomic E-state index is -1.05. The summed E-state index contributed by atoms with van der Waals surface area (Å²) in [4.78, 5) is 23.1. The van der Waals surface area contributed by atoms with Crippen molar-refractivity contribution < 1.29 is 19.4 Å². The molecule has 1 amide bonds. The number of hydrogen-bond donors (Lipinski definition) is 2. The Hall–Kier alpha value is -3.07. The maximum Gasteiger partial charge on any atom is 0.246 e. The number of aliphatic hydroxyl groups is 1.